The van der Waals surface area contributed by atoms with E-state index in [1.54, 1.807) is 7.11 Å². The van der Waals surface area contributed by atoms with Gasteiger partial charge in [-0.15, -0.1) is 0 Å². The second kappa shape index (κ2) is 8.62. The molecule has 4 saturated carbocycles. The van der Waals surface area contributed by atoms with Crippen LogP contribution in [0.5, 0.6) is 0 Å². The van der Waals surface area contributed by atoms with Crippen molar-refractivity contribution >= 4 is 0 Å². The Labute approximate surface area is 204 Å². The lowest BCUT2D eigenvalue weighted by Crippen LogP contribution is -3.00. The maximum absolute atomic E-state index is 6.78. The number of aryl methyl sites for hydroxylation is 1. The molecular weight excluding hydrogens is 470 g/mol. The lowest BCUT2D eigenvalue weighted by Gasteiger charge is -2.70. The zero-order valence-electron chi connectivity index (χ0n) is 20.4. The predicted octanol–water partition coefficient (Wildman–Crippen LogP) is 1.58. The van der Waals surface area contributed by atoms with Crippen molar-refractivity contribution in [1.82, 2.24) is 0 Å². The van der Waals surface area contributed by atoms with Gasteiger partial charge in [0.15, 0.2) is 5.60 Å². The molecule has 1 heterocycles. The van der Waals surface area contributed by atoms with E-state index in [9.17, 15) is 0 Å². The Hall–Kier alpha value is -0.500. The van der Waals surface area contributed by atoms with Crippen molar-refractivity contribution in [1.29, 1.82) is 0 Å². The Balaban J connectivity index is 0.00000245. The molecule has 6 heteroatoms. The molecule has 1 aromatic carbocycles. The highest BCUT2D eigenvalue weighted by molar-refractivity contribution is 5.33. The van der Waals surface area contributed by atoms with Crippen molar-refractivity contribution in [2.45, 2.75) is 69.9 Å². The second-order valence-corrected chi connectivity index (χ2v) is 11.0. The van der Waals surface area contributed by atoms with Crippen LogP contribution in [-0.2, 0) is 25.0 Å². The smallest absolute Gasteiger partial charge is 0.260 e. The van der Waals surface area contributed by atoms with E-state index in [0.29, 0.717) is 11.8 Å². The Morgan fingerprint density at radius 3 is 2.28 bits per heavy atom. The van der Waals surface area contributed by atoms with E-state index in [-0.39, 0.29) is 22.6 Å². The van der Waals surface area contributed by atoms with Gasteiger partial charge in [0.25, 0.3) is 5.79 Å². The summed E-state index contributed by atoms with van der Waals surface area (Å²) < 4.78 is 14.0. The minimum Gasteiger partial charge on any atom is -1.00 e. The molecule has 5 nitrogen and oxygen atoms in total. The Kier molecular flexibility index (Phi) is 6.63. The number of ether oxygens (including phenoxy) is 2. The molecule has 1 aromatic rings. The van der Waals surface area contributed by atoms with Crippen molar-refractivity contribution in [3.05, 3.63) is 35.4 Å². The zero-order chi connectivity index (χ0) is 21.9. The van der Waals surface area contributed by atoms with Gasteiger partial charge in [0.05, 0.1) is 32.3 Å². The van der Waals surface area contributed by atoms with Crippen LogP contribution in [0.2, 0.25) is 0 Å². The standard InChI is InChI=1S/C26H40NO4.BrH/c1-6-27(4,7-2)11-12-29-24-16-20-14-22(17-24)25(23(15-20)18-24)26(28-5,31-30-25)21-10-8-9-19(3)13-21;/h8-10,13,20,22-23H,6-7,11-12,14-18H2,1-5H3;1H/q+1;/p-1. The largest absolute Gasteiger partial charge is 1.00 e. The van der Waals surface area contributed by atoms with Gasteiger partial charge >= 0.3 is 0 Å². The van der Waals surface area contributed by atoms with E-state index in [2.05, 4.69) is 52.1 Å². The van der Waals surface area contributed by atoms with E-state index in [1.807, 2.05) is 0 Å². The molecule has 0 radical (unpaired) electrons. The Morgan fingerprint density at radius 1 is 1.06 bits per heavy atom. The average molecular weight is 511 g/mol. The molecule has 4 aliphatic carbocycles. The molecule has 0 aromatic heterocycles. The highest BCUT2D eigenvalue weighted by Crippen LogP contribution is 2.70. The quantitative estimate of drug-likeness (QED) is 0.393. The second-order valence-electron chi connectivity index (χ2n) is 11.0. The van der Waals surface area contributed by atoms with Gasteiger partial charge in [0, 0.05) is 24.5 Å². The first-order valence-electron chi connectivity index (χ1n) is 12.3. The number of halogens is 1. The maximum Gasteiger partial charge on any atom is 0.260 e. The predicted molar refractivity (Wildman–Crippen MR) is 119 cm³/mol. The number of hydrogen-bond acceptors (Lipinski definition) is 4. The fourth-order valence-corrected chi connectivity index (χ4v) is 7.42. The SMILES string of the molecule is CC[N+](C)(CC)CCOC12CC3CC(C1)C1(OOC1(OC)c1cccc(C)c1)C(C3)C2.[Br-]. The average Bonchev–Trinajstić information content (AvgIpc) is 2.73. The molecule has 3 unspecified atom stereocenters. The van der Waals surface area contributed by atoms with Gasteiger partial charge in [-0.25, -0.2) is 4.89 Å². The van der Waals surface area contributed by atoms with E-state index < -0.39 is 11.4 Å². The third kappa shape index (κ3) is 3.44. The lowest BCUT2D eigenvalue weighted by atomic mass is 9.45. The van der Waals surface area contributed by atoms with Crippen molar-refractivity contribution in [2.24, 2.45) is 17.8 Å². The molecule has 5 fully saturated rings. The topological polar surface area (TPSA) is 36.9 Å². The number of rotatable bonds is 8. The third-order valence-electron chi connectivity index (χ3n) is 9.41. The number of quaternary nitrogens is 1. The first-order chi connectivity index (χ1) is 14.8. The number of methoxy groups -OCH3 is 1. The van der Waals surface area contributed by atoms with Crippen molar-refractivity contribution < 1.29 is 40.7 Å². The van der Waals surface area contributed by atoms with Crippen LogP contribution in [0.1, 0.15) is 57.1 Å². The fourth-order valence-electron chi connectivity index (χ4n) is 7.42. The number of likely N-dealkylation sites (N-methyl/N-ethyl adjacent to an activating group) is 1. The minimum atomic E-state index is -0.803. The minimum absolute atomic E-state index is 0. The molecule has 1 saturated heterocycles. The van der Waals surface area contributed by atoms with Gasteiger partial charge in [-0.3, -0.25) is 0 Å². The highest BCUT2D eigenvalue weighted by atomic mass is 79.9. The summed E-state index contributed by atoms with van der Waals surface area (Å²) in [6.07, 6.45) is 5.72. The summed E-state index contributed by atoms with van der Waals surface area (Å²) >= 11 is 0. The van der Waals surface area contributed by atoms with Crippen LogP contribution in [0.25, 0.3) is 0 Å². The van der Waals surface area contributed by atoms with Crippen molar-refractivity contribution in [3.63, 3.8) is 0 Å². The van der Waals surface area contributed by atoms with Crippen LogP contribution in [0.4, 0.5) is 0 Å². The van der Waals surface area contributed by atoms with Crippen LogP contribution in [0.15, 0.2) is 24.3 Å². The highest BCUT2D eigenvalue weighted by Gasteiger charge is 2.78. The summed E-state index contributed by atoms with van der Waals surface area (Å²) in [5.74, 6) is 0.748. The molecule has 0 N–H and O–H groups in total. The van der Waals surface area contributed by atoms with Gasteiger partial charge in [-0.05, 0) is 58.8 Å². The number of hydrogen-bond donors (Lipinski definition) is 0. The van der Waals surface area contributed by atoms with Gasteiger partial charge < -0.3 is 30.9 Å². The molecule has 0 amide bonds. The molecule has 6 rings (SSSR count). The molecule has 4 bridgehead atoms. The lowest BCUT2D eigenvalue weighted by molar-refractivity contribution is -0.906. The van der Waals surface area contributed by atoms with Crippen LogP contribution in [0, 0.1) is 24.7 Å². The van der Waals surface area contributed by atoms with E-state index in [1.165, 1.54) is 24.8 Å². The van der Waals surface area contributed by atoms with Crippen LogP contribution >= 0.6 is 0 Å². The van der Waals surface area contributed by atoms with Gasteiger partial charge in [-0.1, -0.05) is 29.8 Å². The summed E-state index contributed by atoms with van der Waals surface area (Å²) in [4.78, 5) is 12.1. The third-order valence-corrected chi connectivity index (χ3v) is 9.41. The summed E-state index contributed by atoms with van der Waals surface area (Å²) in [6.45, 7) is 10.9. The summed E-state index contributed by atoms with van der Waals surface area (Å²) in [6, 6.07) is 8.54. The molecule has 5 aliphatic rings. The fraction of sp³-hybridized carbons (Fsp3) is 0.769. The van der Waals surface area contributed by atoms with Gasteiger partial charge in [-0.2, -0.15) is 4.89 Å². The first kappa shape index (κ1) is 24.6. The first-order valence-corrected chi connectivity index (χ1v) is 12.3. The number of benzene rings is 1. The summed E-state index contributed by atoms with van der Waals surface area (Å²) in [5, 5.41) is 0. The summed E-state index contributed by atoms with van der Waals surface area (Å²) in [7, 11) is 4.12. The molecule has 180 valence electrons. The Morgan fingerprint density at radius 2 is 1.75 bits per heavy atom. The zero-order valence-corrected chi connectivity index (χ0v) is 21.9. The summed E-state index contributed by atoms with van der Waals surface area (Å²) in [5.41, 5.74) is 1.93. The van der Waals surface area contributed by atoms with Crippen molar-refractivity contribution in [2.75, 3.05) is 40.4 Å². The molecule has 1 spiro atoms. The normalized spacial score (nSPS) is 39.7. The molecule has 32 heavy (non-hydrogen) atoms. The molecule has 1 aliphatic heterocycles. The van der Waals surface area contributed by atoms with Crippen LogP contribution in [0.3, 0.4) is 0 Å². The maximum atomic E-state index is 6.78. The van der Waals surface area contributed by atoms with E-state index >= 15 is 0 Å². The van der Waals surface area contributed by atoms with Crippen LogP contribution < -0.4 is 17.0 Å². The van der Waals surface area contributed by atoms with Crippen molar-refractivity contribution in [3.8, 4) is 0 Å². The van der Waals surface area contributed by atoms with E-state index in [4.69, 9.17) is 19.2 Å². The molecular formula is C26H40BrNO4. The van der Waals surface area contributed by atoms with E-state index in [0.717, 1.165) is 55.0 Å². The van der Waals surface area contributed by atoms with Crippen LogP contribution in [-0.4, -0.2) is 56.1 Å². The van der Waals surface area contributed by atoms with Gasteiger partial charge in [0.1, 0.15) is 6.54 Å². The Bertz CT molecular complexity index is 808. The molecule has 3 atom stereocenters. The van der Waals surface area contributed by atoms with Gasteiger partial charge in [0.2, 0.25) is 0 Å². The monoisotopic (exact) mass is 509 g/mol. The number of nitrogens with zero attached hydrogens (tertiary/aromatic N) is 1.